The van der Waals surface area contributed by atoms with Crippen LogP contribution in [0.5, 0.6) is 0 Å². The molecule has 0 unspecified atom stereocenters. The summed E-state index contributed by atoms with van der Waals surface area (Å²) in [6.45, 7) is 0. The molecule has 0 aliphatic rings. The second kappa shape index (κ2) is 5.02. The maximum atomic E-state index is 12.6. The van der Waals surface area contributed by atoms with Gasteiger partial charge in [-0.1, -0.05) is 18.2 Å². The number of rotatable bonds is 2. The van der Waals surface area contributed by atoms with Gasteiger partial charge in [0.2, 0.25) is 5.95 Å². The smallest absolute Gasteiger partial charge is 0.291 e. The summed E-state index contributed by atoms with van der Waals surface area (Å²) < 4.78 is 2.64. The Morgan fingerprint density at radius 2 is 1.91 bits per heavy atom. The Balaban J connectivity index is 1.99. The number of hydrogen-bond acceptors (Lipinski definition) is 5. The quantitative estimate of drug-likeness (QED) is 0.586. The van der Waals surface area contributed by atoms with E-state index in [9.17, 15) is 9.59 Å². The first-order valence-electron chi connectivity index (χ1n) is 6.80. The van der Waals surface area contributed by atoms with Gasteiger partial charge in [-0.15, -0.1) is 0 Å². The number of aromatic nitrogens is 6. The van der Waals surface area contributed by atoms with Crippen molar-refractivity contribution in [2.45, 2.75) is 0 Å². The van der Waals surface area contributed by atoms with Gasteiger partial charge in [0.25, 0.3) is 5.56 Å². The third kappa shape index (κ3) is 2.13. The van der Waals surface area contributed by atoms with E-state index in [0.29, 0.717) is 11.6 Å². The Morgan fingerprint density at radius 1 is 1.09 bits per heavy atom. The molecule has 8 nitrogen and oxygen atoms in total. The van der Waals surface area contributed by atoms with Crippen LogP contribution >= 0.6 is 0 Å². The van der Waals surface area contributed by atoms with Gasteiger partial charge in [0.05, 0.1) is 5.69 Å². The van der Waals surface area contributed by atoms with Crippen LogP contribution in [-0.4, -0.2) is 29.1 Å². The normalized spacial score (nSPS) is 11.0. The van der Waals surface area contributed by atoms with E-state index in [4.69, 9.17) is 0 Å². The summed E-state index contributed by atoms with van der Waals surface area (Å²) in [5.41, 5.74) is -0.346. The first-order valence-corrected chi connectivity index (χ1v) is 6.80. The number of hydrogen-bond donors (Lipinski definition) is 1. The number of nitrogens with zero attached hydrogens (tertiary/aromatic N) is 5. The van der Waals surface area contributed by atoms with Crippen molar-refractivity contribution in [3.63, 3.8) is 0 Å². The number of aromatic amines is 1. The molecule has 0 fully saturated rings. The van der Waals surface area contributed by atoms with Crippen LogP contribution in [0.15, 0.2) is 64.8 Å². The second-order valence-corrected chi connectivity index (χ2v) is 4.81. The molecular weight excluding hydrogens is 296 g/mol. The number of para-hydroxylation sites is 1. The van der Waals surface area contributed by atoms with Gasteiger partial charge >= 0.3 is 5.69 Å². The minimum atomic E-state index is -0.552. The van der Waals surface area contributed by atoms with Crippen LogP contribution in [0.4, 0.5) is 0 Å². The molecule has 0 aliphatic carbocycles. The van der Waals surface area contributed by atoms with Crippen molar-refractivity contribution >= 4 is 11.0 Å². The lowest BCUT2D eigenvalue weighted by molar-refractivity contribution is 0.877. The molecular formula is C15H10N6O2. The van der Waals surface area contributed by atoms with E-state index in [0.717, 1.165) is 4.57 Å². The number of benzene rings is 1. The molecule has 0 aliphatic heterocycles. The zero-order valence-electron chi connectivity index (χ0n) is 11.7. The predicted molar refractivity (Wildman–Crippen MR) is 82.9 cm³/mol. The summed E-state index contributed by atoms with van der Waals surface area (Å²) >= 11 is 0. The lowest BCUT2D eigenvalue weighted by Gasteiger charge is -2.06. The van der Waals surface area contributed by atoms with Gasteiger partial charge in [-0.2, -0.15) is 4.98 Å². The molecule has 0 bridgehead atoms. The Bertz CT molecular complexity index is 1100. The highest BCUT2D eigenvalue weighted by Crippen LogP contribution is 2.07. The van der Waals surface area contributed by atoms with Crippen molar-refractivity contribution in [3.05, 3.63) is 76.1 Å². The van der Waals surface area contributed by atoms with Crippen molar-refractivity contribution in [1.82, 2.24) is 29.1 Å². The van der Waals surface area contributed by atoms with Crippen molar-refractivity contribution < 1.29 is 0 Å². The standard InChI is InChI=1S/C15H10N6O2/c22-13-11-8-17-14(20-7-6-16-9-20)18-12(11)19-15(23)21(13)10-4-2-1-3-5-10/h1-9H,(H,17,18,19,23). The van der Waals surface area contributed by atoms with Crippen molar-refractivity contribution in [2.24, 2.45) is 0 Å². The molecule has 0 amide bonds. The lowest BCUT2D eigenvalue weighted by atomic mass is 10.3. The molecule has 0 saturated heterocycles. The fraction of sp³-hybridized carbons (Fsp3) is 0. The van der Waals surface area contributed by atoms with Gasteiger partial charge in [0.1, 0.15) is 11.7 Å². The Hall–Kier alpha value is -3.55. The monoisotopic (exact) mass is 306 g/mol. The van der Waals surface area contributed by atoms with Crippen LogP contribution in [0.3, 0.4) is 0 Å². The van der Waals surface area contributed by atoms with Crippen LogP contribution in [-0.2, 0) is 0 Å². The Labute approximate surface area is 128 Å². The summed E-state index contributed by atoms with van der Waals surface area (Å²) in [6, 6.07) is 8.69. The average molecular weight is 306 g/mol. The summed E-state index contributed by atoms with van der Waals surface area (Å²) in [7, 11) is 0. The largest absolute Gasteiger partial charge is 0.334 e. The summed E-state index contributed by atoms with van der Waals surface area (Å²) in [5, 5.41) is 0.234. The highest BCUT2D eigenvalue weighted by molar-refractivity contribution is 5.72. The van der Waals surface area contributed by atoms with E-state index in [2.05, 4.69) is 19.9 Å². The second-order valence-electron chi connectivity index (χ2n) is 4.81. The molecule has 1 aromatic carbocycles. The van der Waals surface area contributed by atoms with Gasteiger partial charge in [0, 0.05) is 18.6 Å². The number of imidazole rings is 1. The lowest BCUT2D eigenvalue weighted by Crippen LogP contribution is -2.34. The highest BCUT2D eigenvalue weighted by atomic mass is 16.2. The number of H-pyrrole nitrogens is 1. The molecule has 0 radical (unpaired) electrons. The van der Waals surface area contributed by atoms with E-state index in [1.807, 2.05) is 6.07 Å². The summed E-state index contributed by atoms with van der Waals surface area (Å²) in [4.78, 5) is 39.8. The average Bonchev–Trinajstić information content (AvgIpc) is 3.10. The molecule has 8 heteroatoms. The van der Waals surface area contributed by atoms with Crippen LogP contribution in [0, 0.1) is 0 Å². The zero-order valence-corrected chi connectivity index (χ0v) is 11.7. The van der Waals surface area contributed by atoms with E-state index in [1.54, 1.807) is 41.2 Å². The van der Waals surface area contributed by atoms with Gasteiger partial charge < -0.3 is 0 Å². The minimum Gasteiger partial charge on any atom is -0.291 e. The molecule has 4 aromatic rings. The molecule has 0 spiro atoms. The maximum absolute atomic E-state index is 12.6. The Kier molecular flexibility index (Phi) is 2.87. The van der Waals surface area contributed by atoms with Crippen LogP contribution in [0.1, 0.15) is 0 Å². The van der Waals surface area contributed by atoms with E-state index < -0.39 is 11.2 Å². The molecule has 112 valence electrons. The van der Waals surface area contributed by atoms with Crippen LogP contribution in [0.2, 0.25) is 0 Å². The van der Waals surface area contributed by atoms with Gasteiger partial charge in [0.15, 0.2) is 5.65 Å². The number of fused-ring (bicyclic) bond motifs is 1. The van der Waals surface area contributed by atoms with Crippen molar-refractivity contribution in [2.75, 3.05) is 0 Å². The molecule has 0 atom stereocenters. The topological polar surface area (TPSA) is 98.5 Å². The SMILES string of the molecule is O=c1[nH]c2nc(-n3ccnc3)ncc2c(=O)n1-c1ccccc1. The summed E-state index contributed by atoms with van der Waals surface area (Å²) in [5.74, 6) is 0.322. The Morgan fingerprint density at radius 3 is 2.65 bits per heavy atom. The minimum absolute atomic E-state index is 0.186. The van der Waals surface area contributed by atoms with Crippen LogP contribution < -0.4 is 11.2 Å². The van der Waals surface area contributed by atoms with Gasteiger partial charge in [-0.05, 0) is 12.1 Å². The van der Waals surface area contributed by atoms with Gasteiger partial charge in [-0.25, -0.2) is 19.3 Å². The molecule has 23 heavy (non-hydrogen) atoms. The highest BCUT2D eigenvalue weighted by Gasteiger charge is 2.11. The third-order valence-electron chi connectivity index (χ3n) is 3.39. The first-order chi connectivity index (χ1) is 11.2. The first kappa shape index (κ1) is 13.1. The molecule has 3 heterocycles. The fourth-order valence-electron chi connectivity index (χ4n) is 2.31. The zero-order chi connectivity index (χ0) is 15.8. The maximum Gasteiger partial charge on any atom is 0.334 e. The summed E-state index contributed by atoms with van der Waals surface area (Å²) in [6.07, 6.45) is 6.19. The van der Waals surface area contributed by atoms with E-state index in [-0.39, 0.29) is 11.0 Å². The molecule has 3 aromatic heterocycles. The predicted octanol–water partition coefficient (Wildman–Crippen LogP) is 0.655. The van der Waals surface area contributed by atoms with Crippen LogP contribution in [0.25, 0.3) is 22.7 Å². The van der Waals surface area contributed by atoms with E-state index in [1.165, 1.54) is 12.5 Å². The number of nitrogens with one attached hydrogen (secondary N) is 1. The molecule has 1 N–H and O–H groups in total. The van der Waals surface area contributed by atoms with E-state index >= 15 is 0 Å². The third-order valence-corrected chi connectivity index (χ3v) is 3.39. The van der Waals surface area contributed by atoms with Crippen molar-refractivity contribution in [1.29, 1.82) is 0 Å². The molecule has 4 rings (SSSR count). The molecule has 0 saturated carbocycles. The fourth-order valence-corrected chi connectivity index (χ4v) is 2.31. The van der Waals surface area contributed by atoms with Crippen molar-refractivity contribution in [3.8, 4) is 11.6 Å². The van der Waals surface area contributed by atoms with Gasteiger partial charge in [-0.3, -0.25) is 14.3 Å².